The van der Waals surface area contributed by atoms with Crippen LogP contribution in [0.1, 0.15) is 50.3 Å². The molecule has 7 aromatic carbocycles. The van der Waals surface area contributed by atoms with E-state index in [1.165, 1.54) is 68.1 Å². The van der Waals surface area contributed by atoms with Gasteiger partial charge in [0.15, 0.2) is 0 Å². The van der Waals surface area contributed by atoms with Crippen molar-refractivity contribution in [1.29, 1.82) is 0 Å². The summed E-state index contributed by atoms with van der Waals surface area (Å²) < 4.78 is 15.0. The topological polar surface area (TPSA) is 36.9 Å². The van der Waals surface area contributed by atoms with Crippen molar-refractivity contribution < 1.29 is 24.1 Å². The van der Waals surface area contributed by atoms with Crippen molar-refractivity contribution in [3.8, 4) is 50.9 Å². The first kappa shape index (κ1) is 38.4. The quantitative estimate of drug-likeness (QED) is 0.160. The van der Waals surface area contributed by atoms with E-state index in [0.29, 0.717) is 0 Å². The van der Waals surface area contributed by atoms with E-state index >= 15 is 0 Å². The number of rotatable bonds is 7. The Morgan fingerprint density at radius 2 is 1.13 bits per heavy atom. The second-order valence-electron chi connectivity index (χ2n) is 17.4. The summed E-state index contributed by atoms with van der Waals surface area (Å²) in [6.07, 6.45) is 6.63. The Morgan fingerprint density at radius 1 is 0.516 bits per heavy atom. The molecule has 0 atom stereocenters. The zero-order valence-electron chi connectivity index (χ0n) is 35.1. The molecule has 6 heteroatoms. The van der Waals surface area contributed by atoms with E-state index in [1.807, 2.05) is 12.3 Å². The van der Waals surface area contributed by atoms with Crippen molar-refractivity contribution in [1.82, 2.24) is 18.7 Å². The first-order chi connectivity index (χ1) is 30.3. The number of hydrogen-bond acceptors (Lipinski definition) is 2. The molecule has 0 saturated heterocycles. The van der Waals surface area contributed by atoms with Gasteiger partial charge in [-0.2, -0.15) is 0 Å². The van der Waals surface area contributed by atoms with Crippen LogP contribution < -0.4 is 4.74 Å². The Labute approximate surface area is 372 Å². The van der Waals surface area contributed by atoms with Gasteiger partial charge >= 0.3 is 320 Å². The number of benzene rings is 7. The standard InChI is InChI=1S/C56H46N4O.Pt/c1-56(2,3)42-33-47(38-17-6-4-7-18-38)55(48(34-42)39-19-8-5-9-20-39)59-37-58(50-25-12-13-26-51(50)59)43-23-16-24-44(35-43)61-45-28-29-46-49-31-40-21-10-11-22-41(40)32-52(49)60(53(46)36-45)54-27-14-15-30-57-54;/h4-9,12-20,23-36H,10-11,21-22H2,1-3H3;. The molecule has 0 aliphatic heterocycles. The summed E-state index contributed by atoms with van der Waals surface area (Å²) in [6.45, 7) is 6.90. The Hall–Kier alpha value is -6.55. The molecule has 306 valence electrons. The Balaban J connectivity index is 1.07. The monoisotopic (exact) mass is 985 g/mol. The molecule has 0 fully saturated rings. The fraction of sp³-hybridized carbons (Fsp3) is 0.143. The number of ether oxygens (including phenoxy) is 1. The normalized spacial score (nSPS) is 12.9. The van der Waals surface area contributed by atoms with Gasteiger partial charge in [-0.3, -0.25) is 0 Å². The number of fused-ring (bicyclic) bond motifs is 5. The van der Waals surface area contributed by atoms with E-state index in [9.17, 15) is 0 Å². The molecule has 0 bridgehead atoms. The van der Waals surface area contributed by atoms with Crippen molar-refractivity contribution in [3.63, 3.8) is 0 Å². The second kappa shape index (κ2) is 15.4. The summed E-state index contributed by atoms with van der Waals surface area (Å²) >= 11 is 2.53. The van der Waals surface area contributed by atoms with Gasteiger partial charge in [-0.25, -0.2) is 0 Å². The molecular weight excluding hydrogens is 940 g/mol. The van der Waals surface area contributed by atoms with Gasteiger partial charge in [0.1, 0.15) is 0 Å². The van der Waals surface area contributed by atoms with E-state index in [1.54, 1.807) is 0 Å². The molecule has 1 aliphatic carbocycles. The first-order valence-electron chi connectivity index (χ1n) is 21.6. The molecule has 0 saturated carbocycles. The van der Waals surface area contributed by atoms with Crippen molar-refractivity contribution in [2.24, 2.45) is 0 Å². The predicted octanol–water partition coefficient (Wildman–Crippen LogP) is 14.3. The molecule has 0 unspecified atom stereocenters. The van der Waals surface area contributed by atoms with Crippen LogP contribution in [0.3, 0.4) is 0 Å². The number of pyridine rings is 1. The fourth-order valence-corrected chi connectivity index (χ4v) is 10.5. The van der Waals surface area contributed by atoms with E-state index in [2.05, 4.69) is 218 Å². The molecule has 10 aromatic rings. The van der Waals surface area contributed by atoms with Gasteiger partial charge in [-0.1, -0.05) is 6.07 Å². The molecule has 0 radical (unpaired) electrons. The van der Waals surface area contributed by atoms with Crippen LogP contribution in [0.15, 0.2) is 176 Å². The van der Waals surface area contributed by atoms with Crippen LogP contribution in [0.25, 0.3) is 72.3 Å². The average molecular weight is 986 g/mol. The van der Waals surface area contributed by atoms with Crippen molar-refractivity contribution in [3.05, 3.63) is 197 Å². The number of aromatic nitrogens is 4. The van der Waals surface area contributed by atoms with Crippen LogP contribution in [-0.4, -0.2) is 18.7 Å². The van der Waals surface area contributed by atoms with Gasteiger partial charge in [0.25, 0.3) is 0 Å². The summed E-state index contributed by atoms with van der Waals surface area (Å²) in [5.41, 5.74) is 15.6. The Bertz CT molecular complexity index is 3310. The zero-order chi connectivity index (χ0) is 42.0. The SMILES string of the molecule is CC(C)(C)c1cc(-c2ccccc2)c(-n2[c](=[Pt])n(-c3cccc(Oc4ccc5c6cc7c(cc6n(-c6ccccn6)c5c4)CCCC7)c3)c3ccccc32)c(-c2ccccc2)c1. The van der Waals surface area contributed by atoms with E-state index < -0.39 is 0 Å². The van der Waals surface area contributed by atoms with Crippen LogP contribution in [0.5, 0.6) is 11.5 Å². The van der Waals surface area contributed by atoms with Gasteiger partial charge in [-0.05, 0) is 42.9 Å². The van der Waals surface area contributed by atoms with E-state index in [0.717, 1.165) is 61.9 Å². The molecule has 11 rings (SSSR count). The zero-order valence-corrected chi connectivity index (χ0v) is 37.4. The first-order valence-corrected chi connectivity index (χ1v) is 22.7. The molecule has 0 amide bonds. The molecule has 3 aromatic heterocycles. The number of hydrogen-bond donors (Lipinski definition) is 0. The molecule has 5 nitrogen and oxygen atoms in total. The third-order valence-corrected chi connectivity index (χ3v) is 13.5. The van der Waals surface area contributed by atoms with Crippen LogP contribution in [0.2, 0.25) is 0 Å². The Kier molecular flexibility index (Phi) is 9.54. The minimum atomic E-state index is -0.0585. The molecule has 1 aliphatic rings. The van der Waals surface area contributed by atoms with Crippen LogP contribution in [0, 0.1) is 3.80 Å². The summed E-state index contributed by atoms with van der Waals surface area (Å²) in [5, 5.41) is 2.47. The van der Waals surface area contributed by atoms with Crippen LogP contribution >= 0.6 is 0 Å². The van der Waals surface area contributed by atoms with Crippen LogP contribution in [0.4, 0.5) is 0 Å². The van der Waals surface area contributed by atoms with Gasteiger partial charge in [0, 0.05) is 6.20 Å². The molecule has 0 N–H and O–H groups in total. The number of aryl methyl sites for hydroxylation is 2. The number of imidazole rings is 1. The summed E-state index contributed by atoms with van der Waals surface area (Å²) in [5.74, 6) is 2.45. The minimum absolute atomic E-state index is 0.0585. The number of para-hydroxylation sites is 2. The molecule has 62 heavy (non-hydrogen) atoms. The van der Waals surface area contributed by atoms with E-state index in [4.69, 9.17) is 9.72 Å². The van der Waals surface area contributed by atoms with Crippen molar-refractivity contribution in [2.75, 3.05) is 0 Å². The molecule has 0 spiro atoms. The van der Waals surface area contributed by atoms with Crippen molar-refractivity contribution in [2.45, 2.75) is 51.9 Å². The third kappa shape index (κ3) is 6.67. The third-order valence-electron chi connectivity index (χ3n) is 12.5. The second-order valence-corrected chi connectivity index (χ2v) is 18.5. The number of nitrogens with zero attached hydrogens (tertiary/aromatic N) is 4. The van der Waals surface area contributed by atoms with E-state index in [-0.39, 0.29) is 5.41 Å². The Morgan fingerprint density at radius 3 is 1.79 bits per heavy atom. The van der Waals surface area contributed by atoms with Gasteiger partial charge in [0.2, 0.25) is 0 Å². The van der Waals surface area contributed by atoms with Gasteiger partial charge in [-0.15, -0.1) is 0 Å². The molecule has 3 heterocycles. The fourth-order valence-electron chi connectivity index (χ4n) is 9.40. The predicted molar refractivity (Wildman–Crippen MR) is 251 cm³/mol. The summed E-state index contributed by atoms with van der Waals surface area (Å²) in [7, 11) is 0. The maximum absolute atomic E-state index is 6.82. The van der Waals surface area contributed by atoms with Crippen molar-refractivity contribution >= 4 is 32.8 Å². The van der Waals surface area contributed by atoms with Crippen LogP contribution in [-0.2, 0) is 37.6 Å². The summed E-state index contributed by atoms with van der Waals surface area (Å²) in [4.78, 5) is 4.83. The van der Waals surface area contributed by atoms with Gasteiger partial charge < -0.3 is 0 Å². The van der Waals surface area contributed by atoms with Gasteiger partial charge in [0.05, 0.1) is 0 Å². The maximum atomic E-state index is 6.82. The molecular formula is C56H46N4OPt. The summed E-state index contributed by atoms with van der Waals surface area (Å²) in [6, 6.07) is 61.1. The average Bonchev–Trinajstić information content (AvgIpc) is 3.78.